The maximum atomic E-state index is 12.3. The van der Waals surface area contributed by atoms with Crippen LogP contribution >= 0.6 is 12.4 Å². The van der Waals surface area contributed by atoms with E-state index in [1.807, 2.05) is 43.1 Å². The van der Waals surface area contributed by atoms with Gasteiger partial charge in [0, 0.05) is 18.3 Å². The number of likely N-dealkylation sites (tertiary alicyclic amines) is 1. The fourth-order valence-electron chi connectivity index (χ4n) is 3.19. The van der Waals surface area contributed by atoms with E-state index in [4.69, 9.17) is 5.11 Å². The van der Waals surface area contributed by atoms with Gasteiger partial charge in [-0.2, -0.15) is 0 Å². The molecular weight excluding hydrogens is 342 g/mol. The van der Waals surface area contributed by atoms with E-state index in [1.54, 1.807) is 0 Å². The van der Waals surface area contributed by atoms with Gasteiger partial charge < -0.3 is 10.4 Å². The minimum atomic E-state index is -0.795. The van der Waals surface area contributed by atoms with E-state index in [2.05, 4.69) is 10.2 Å². The highest BCUT2D eigenvalue weighted by atomic mass is 35.5. The van der Waals surface area contributed by atoms with Crippen LogP contribution in [-0.4, -0.2) is 66.1 Å². The Kier molecular flexibility index (Phi) is 8.89. The molecule has 140 valence electrons. The largest absolute Gasteiger partial charge is 0.480 e. The molecule has 1 aromatic rings. The Morgan fingerprint density at radius 3 is 2.68 bits per heavy atom. The summed E-state index contributed by atoms with van der Waals surface area (Å²) in [5.41, 5.74) is 1.91. The van der Waals surface area contributed by atoms with E-state index in [0.717, 1.165) is 43.6 Å². The molecule has 6 nitrogen and oxygen atoms in total. The highest BCUT2D eigenvalue weighted by Gasteiger charge is 2.22. The standard InChI is InChI=1S/C18H27N3O3.ClH/c1-14-6-3-4-8-16(14)19-17(22)12-21-10-5-7-15(9-11-21)20(2)13-18(23)24;/h3-4,6,8,15H,5,7,9-13H2,1-2H3,(H,19,22)(H,23,24);1H. The van der Waals surface area contributed by atoms with Crippen LogP contribution in [-0.2, 0) is 9.59 Å². The number of carbonyl (C=O) groups is 2. The van der Waals surface area contributed by atoms with Crippen LogP contribution in [0.25, 0.3) is 0 Å². The van der Waals surface area contributed by atoms with Gasteiger partial charge in [-0.05, 0) is 51.4 Å². The molecule has 0 saturated carbocycles. The number of carbonyl (C=O) groups excluding carboxylic acids is 1. The van der Waals surface area contributed by atoms with E-state index in [9.17, 15) is 9.59 Å². The van der Waals surface area contributed by atoms with E-state index >= 15 is 0 Å². The quantitative estimate of drug-likeness (QED) is 0.804. The monoisotopic (exact) mass is 369 g/mol. The Morgan fingerprint density at radius 1 is 1.28 bits per heavy atom. The second-order valence-electron chi connectivity index (χ2n) is 6.53. The first kappa shape index (κ1) is 21.4. The number of amides is 1. The summed E-state index contributed by atoms with van der Waals surface area (Å²) in [6.07, 6.45) is 2.84. The summed E-state index contributed by atoms with van der Waals surface area (Å²) in [6.45, 7) is 4.11. The number of aliphatic carboxylic acids is 1. The molecule has 1 aliphatic rings. The predicted molar refractivity (Wildman–Crippen MR) is 101 cm³/mol. The Hall–Kier alpha value is -1.63. The molecule has 1 saturated heterocycles. The van der Waals surface area contributed by atoms with E-state index < -0.39 is 5.97 Å². The van der Waals surface area contributed by atoms with E-state index in [1.165, 1.54) is 0 Å². The molecule has 1 unspecified atom stereocenters. The number of rotatable bonds is 6. The molecule has 1 aliphatic heterocycles. The molecular formula is C18H28ClN3O3. The molecule has 0 aromatic heterocycles. The second kappa shape index (κ2) is 10.4. The number of hydrogen-bond acceptors (Lipinski definition) is 4. The molecule has 7 heteroatoms. The summed E-state index contributed by atoms with van der Waals surface area (Å²) in [5.74, 6) is -0.794. The van der Waals surface area contributed by atoms with Crippen LogP contribution in [0.15, 0.2) is 24.3 Å². The van der Waals surface area contributed by atoms with Crippen molar-refractivity contribution >= 4 is 30.0 Å². The fourth-order valence-corrected chi connectivity index (χ4v) is 3.19. The lowest BCUT2D eigenvalue weighted by Gasteiger charge is -2.25. The molecule has 2 N–H and O–H groups in total. The van der Waals surface area contributed by atoms with Gasteiger partial charge in [0.05, 0.1) is 13.1 Å². The minimum Gasteiger partial charge on any atom is -0.480 e. The number of anilines is 1. The van der Waals surface area contributed by atoms with Crippen LogP contribution in [0, 0.1) is 6.92 Å². The number of para-hydroxylation sites is 1. The SMILES string of the molecule is Cc1ccccc1NC(=O)CN1CCCC(N(C)CC(=O)O)CC1.Cl. The van der Waals surface area contributed by atoms with Gasteiger partial charge in [-0.1, -0.05) is 18.2 Å². The van der Waals surface area contributed by atoms with Crippen LogP contribution in [0.4, 0.5) is 5.69 Å². The zero-order valence-electron chi connectivity index (χ0n) is 14.9. The lowest BCUT2D eigenvalue weighted by molar-refractivity contribution is -0.138. The lowest BCUT2D eigenvalue weighted by Crippen LogP contribution is -2.37. The van der Waals surface area contributed by atoms with Gasteiger partial charge in [-0.3, -0.25) is 19.4 Å². The Bertz CT molecular complexity index is 582. The van der Waals surface area contributed by atoms with Gasteiger partial charge in [0.1, 0.15) is 0 Å². The fraction of sp³-hybridized carbons (Fsp3) is 0.556. The number of benzene rings is 1. The molecule has 0 radical (unpaired) electrons. The average Bonchev–Trinajstić information content (AvgIpc) is 2.74. The minimum absolute atomic E-state index is 0. The third kappa shape index (κ3) is 7.02. The number of likely N-dealkylation sites (N-methyl/N-ethyl adjacent to an activating group) is 1. The third-order valence-corrected chi connectivity index (χ3v) is 4.58. The molecule has 0 spiro atoms. The van der Waals surface area contributed by atoms with Gasteiger partial charge in [0.25, 0.3) is 0 Å². The van der Waals surface area contributed by atoms with Gasteiger partial charge in [0.2, 0.25) is 5.91 Å². The lowest BCUT2D eigenvalue weighted by atomic mass is 10.1. The van der Waals surface area contributed by atoms with Crippen LogP contribution in [0.5, 0.6) is 0 Å². The zero-order chi connectivity index (χ0) is 17.5. The highest BCUT2D eigenvalue weighted by Crippen LogP contribution is 2.16. The highest BCUT2D eigenvalue weighted by molar-refractivity contribution is 5.92. The van der Waals surface area contributed by atoms with Crippen molar-refractivity contribution in [3.8, 4) is 0 Å². The molecule has 0 bridgehead atoms. The number of aryl methyl sites for hydroxylation is 1. The second-order valence-corrected chi connectivity index (χ2v) is 6.53. The summed E-state index contributed by atoms with van der Waals surface area (Å²) in [4.78, 5) is 27.2. The average molecular weight is 370 g/mol. The predicted octanol–water partition coefficient (Wildman–Crippen LogP) is 2.23. The summed E-state index contributed by atoms with van der Waals surface area (Å²) in [5, 5.41) is 11.9. The third-order valence-electron chi connectivity index (χ3n) is 4.58. The topological polar surface area (TPSA) is 72.9 Å². The van der Waals surface area contributed by atoms with Gasteiger partial charge in [-0.15, -0.1) is 12.4 Å². The first-order chi connectivity index (χ1) is 11.5. The van der Waals surface area contributed by atoms with Crippen molar-refractivity contribution in [3.05, 3.63) is 29.8 Å². The first-order valence-electron chi connectivity index (χ1n) is 8.45. The summed E-state index contributed by atoms with van der Waals surface area (Å²) >= 11 is 0. The maximum absolute atomic E-state index is 12.3. The Morgan fingerprint density at radius 2 is 2.00 bits per heavy atom. The normalized spacial score (nSPS) is 18.3. The van der Waals surface area contributed by atoms with E-state index in [0.29, 0.717) is 6.54 Å². The van der Waals surface area contributed by atoms with Gasteiger partial charge in [0.15, 0.2) is 0 Å². The Balaban J connectivity index is 0.00000312. The number of carboxylic acids is 1. The van der Waals surface area contributed by atoms with Gasteiger partial charge >= 0.3 is 5.97 Å². The molecule has 2 rings (SSSR count). The number of hydrogen-bond donors (Lipinski definition) is 2. The van der Waals surface area contributed by atoms with Gasteiger partial charge in [-0.25, -0.2) is 0 Å². The molecule has 1 atom stereocenters. The number of nitrogens with one attached hydrogen (secondary N) is 1. The van der Waals surface area contributed by atoms with Crippen LogP contribution in [0.1, 0.15) is 24.8 Å². The molecule has 25 heavy (non-hydrogen) atoms. The Labute approximate surface area is 155 Å². The molecule has 1 fully saturated rings. The van der Waals surface area contributed by atoms with Crippen LogP contribution in [0.2, 0.25) is 0 Å². The number of carboxylic acid groups (broad SMARTS) is 1. The van der Waals surface area contributed by atoms with Crippen molar-refractivity contribution in [1.29, 1.82) is 0 Å². The van der Waals surface area contributed by atoms with Crippen LogP contribution < -0.4 is 5.32 Å². The van der Waals surface area contributed by atoms with Crippen molar-refractivity contribution in [3.63, 3.8) is 0 Å². The zero-order valence-corrected chi connectivity index (χ0v) is 15.7. The van der Waals surface area contributed by atoms with Crippen molar-refractivity contribution in [2.24, 2.45) is 0 Å². The van der Waals surface area contributed by atoms with E-state index in [-0.39, 0.29) is 30.9 Å². The molecule has 0 aliphatic carbocycles. The number of halogens is 1. The van der Waals surface area contributed by atoms with Crippen molar-refractivity contribution in [2.45, 2.75) is 32.2 Å². The van der Waals surface area contributed by atoms with Crippen molar-refractivity contribution in [2.75, 3.05) is 38.5 Å². The molecule has 1 amide bonds. The molecule has 1 heterocycles. The van der Waals surface area contributed by atoms with Crippen molar-refractivity contribution < 1.29 is 14.7 Å². The summed E-state index contributed by atoms with van der Waals surface area (Å²) in [6, 6.07) is 8.02. The first-order valence-corrected chi connectivity index (χ1v) is 8.45. The summed E-state index contributed by atoms with van der Waals surface area (Å²) < 4.78 is 0. The molecule has 1 aromatic carbocycles. The number of nitrogens with zero attached hydrogens (tertiary/aromatic N) is 2. The smallest absolute Gasteiger partial charge is 0.317 e. The summed E-state index contributed by atoms with van der Waals surface area (Å²) in [7, 11) is 1.86. The maximum Gasteiger partial charge on any atom is 0.317 e. The van der Waals surface area contributed by atoms with Crippen molar-refractivity contribution in [1.82, 2.24) is 9.80 Å². The van der Waals surface area contributed by atoms with Crippen LogP contribution in [0.3, 0.4) is 0 Å².